The molecule has 1 aliphatic heterocycles. The van der Waals surface area contributed by atoms with Crippen molar-refractivity contribution in [2.75, 3.05) is 19.8 Å². The van der Waals surface area contributed by atoms with Crippen LogP contribution in [0.2, 0.25) is 0 Å². The first-order valence-electron chi connectivity index (χ1n) is 6.22. The molecule has 1 N–H and O–H groups in total. The van der Waals surface area contributed by atoms with Gasteiger partial charge < -0.3 is 4.74 Å². The van der Waals surface area contributed by atoms with Crippen LogP contribution < -0.4 is 4.72 Å². The minimum absolute atomic E-state index is 0.368. The number of ether oxygens (including phenoxy) is 1. The maximum Gasteiger partial charge on any atom is 0.240 e. The molecule has 1 atom stereocenters. The van der Waals surface area contributed by atoms with E-state index in [1.165, 1.54) is 0 Å². The van der Waals surface area contributed by atoms with Gasteiger partial charge >= 0.3 is 0 Å². The highest BCUT2D eigenvalue weighted by atomic mass is 32.2. The van der Waals surface area contributed by atoms with E-state index in [-0.39, 0.29) is 0 Å². The quantitative estimate of drug-likeness (QED) is 0.885. The zero-order chi connectivity index (χ0) is 13.0. The largest absolute Gasteiger partial charge is 0.381 e. The van der Waals surface area contributed by atoms with Gasteiger partial charge in [0.05, 0.1) is 4.90 Å². The van der Waals surface area contributed by atoms with E-state index in [1.54, 1.807) is 25.1 Å². The van der Waals surface area contributed by atoms with Gasteiger partial charge in [-0.15, -0.1) is 0 Å². The molecule has 0 saturated carbocycles. The molecule has 100 valence electrons. The number of hydrogen-bond acceptors (Lipinski definition) is 3. The van der Waals surface area contributed by atoms with Crippen molar-refractivity contribution in [2.24, 2.45) is 5.92 Å². The lowest BCUT2D eigenvalue weighted by atomic mass is 10.1. The fourth-order valence-corrected chi connectivity index (χ4v) is 3.44. The third-order valence-electron chi connectivity index (χ3n) is 3.25. The molecule has 0 spiro atoms. The van der Waals surface area contributed by atoms with Crippen molar-refractivity contribution in [1.82, 2.24) is 4.72 Å². The lowest BCUT2D eigenvalue weighted by Crippen LogP contribution is -2.26. The fraction of sp³-hybridized carbons (Fsp3) is 0.538. The first kappa shape index (κ1) is 13.5. The van der Waals surface area contributed by atoms with Gasteiger partial charge in [-0.25, -0.2) is 13.1 Å². The Balaban J connectivity index is 1.93. The third kappa shape index (κ3) is 3.31. The lowest BCUT2D eigenvalue weighted by Gasteiger charge is -2.11. The monoisotopic (exact) mass is 269 g/mol. The van der Waals surface area contributed by atoms with Crippen molar-refractivity contribution >= 4 is 10.0 Å². The Morgan fingerprint density at radius 1 is 1.39 bits per heavy atom. The van der Waals surface area contributed by atoms with Gasteiger partial charge in [0, 0.05) is 19.8 Å². The van der Waals surface area contributed by atoms with Gasteiger partial charge in [-0.2, -0.15) is 0 Å². The van der Waals surface area contributed by atoms with E-state index >= 15 is 0 Å². The second-order valence-electron chi connectivity index (χ2n) is 4.68. The second-order valence-corrected chi connectivity index (χ2v) is 6.42. The molecule has 2 rings (SSSR count). The summed E-state index contributed by atoms with van der Waals surface area (Å²) in [6.45, 7) is 3.84. The smallest absolute Gasteiger partial charge is 0.240 e. The van der Waals surface area contributed by atoms with Gasteiger partial charge in [0.2, 0.25) is 10.0 Å². The molecule has 1 aromatic rings. The lowest BCUT2D eigenvalue weighted by molar-refractivity contribution is 0.184. The van der Waals surface area contributed by atoms with E-state index in [9.17, 15) is 8.42 Å². The van der Waals surface area contributed by atoms with E-state index in [0.717, 1.165) is 31.6 Å². The molecule has 1 unspecified atom stereocenters. The van der Waals surface area contributed by atoms with Crippen LogP contribution in [0.4, 0.5) is 0 Å². The SMILES string of the molecule is Cc1ccccc1S(=O)(=O)NCCC1CCOC1. The van der Waals surface area contributed by atoms with Crippen LogP contribution in [0.1, 0.15) is 18.4 Å². The molecule has 18 heavy (non-hydrogen) atoms. The molecule has 0 aliphatic carbocycles. The maximum atomic E-state index is 12.1. The van der Waals surface area contributed by atoms with Crippen LogP contribution in [0.5, 0.6) is 0 Å². The minimum atomic E-state index is -3.37. The molecular weight excluding hydrogens is 250 g/mol. The molecule has 1 aliphatic rings. The van der Waals surface area contributed by atoms with Gasteiger partial charge in [0.25, 0.3) is 0 Å². The third-order valence-corrected chi connectivity index (χ3v) is 4.87. The van der Waals surface area contributed by atoms with Crippen LogP contribution in [0.15, 0.2) is 29.2 Å². The minimum Gasteiger partial charge on any atom is -0.381 e. The van der Waals surface area contributed by atoms with Crippen molar-refractivity contribution < 1.29 is 13.2 Å². The predicted octanol–water partition coefficient (Wildman–Crippen LogP) is 1.70. The first-order valence-corrected chi connectivity index (χ1v) is 7.71. The summed E-state index contributed by atoms with van der Waals surface area (Å²) in [4.78, 5) is 0.368. The predicted molar refractivity (Wildman–Crippen MR) is 69.9 cm³/mol. The zero-order valence-electron chi connectivity index (χ0n) is 10.6. The number of hydrogen-bond donors (Lipinski definition) is 1. The Kier molecular flexibility index (Phi) is 4.37. The van der Waals surface area contributed by atoms with Gasteiger partial charge in [-0.3, -0.25) is 0 Å². The average Bonchev–Trinajstić information content (AvgIpc) is 2.82. The molecule has 1 heterocycles. The molecule has 0 amide bonds. The summed E-state index contributed by atoms with van der Waals surface area (Å²) in [5.41, 5.74) is 0.772. The van der Waals surface area contributed by atoms with Crippen LogP contribution in [-0.2, 0) is 14.8 Å². The summed E-state index contributed by atoms with van der Waals surface area (Å²) in [6, 6.07) is 7.02. The average molecular weight is 269 g/mol. The Morgan fingerprint density at radius 2 is 2.17 bits per heavy atom. The van der Waals surface area contributed by atoms with Gasteiger partial charge in [0.15, 0.2) is 0 Å². The summed E-state index contributed by atoms with van der Waals surface area (Å²) in [7, 11) is -3.37. The molecule has 5 heteroatoms. The Bertz CT molecular complexity index is 493. The summed E-state index contributed by atoms with van der Waals surface area (Å²) in [5, 5.41) is 0. The Labute approximate surface area is 108 Å². The van der Waals surface area contributed by atoms with Crippen LogP contribution in [0.3, 0.4) is 0 Å². The Morgan fingerprint density at radius 3 is 2.83 bits per heavy atom. The molecule has 0 aromatic heterocycles. The molecule has 1 aromatic carbocycles. The summed E-state index contributed by atoms with van der Waals surface area (Å²) in [5.74, 6) is 0.490. The molecule has 1 fully saturated rings. The first-order chi connectivity index (χ1) is 8.59. The molecule has 1 saturated heterocycles. The van der Waals surface area contributed by atoms with Crippen LogP contribution in [-0.4, -0.2) is 28.2 Å². The van der Waals surface area contributed by atoms with Gasteiger partial charge in [-0.1, -0.05) is 18.2 Å². The van der Waals surface area contributed by atoms with Crippen LogP contribution in [0.25, 0.3) is 0 Å². The molecule has 0 radical (unpaired) electrons. The zero-order valence-corrected chi connectivity index (χ0v) is 11.4. The van der Waals surface area contributed by atoms with Crippen molar-refractivity contribution in [3.05, 3.63) is 29.8 Å². The number of nitrogens with one attached hydrogen (secondary N) is 1. The van der Waals surface area contributed by atoms with E-state index in [4.69, 9.17) is 4.74 Å². The topological polar surface area (TPSA) is 55.4 Å². The molecule has 0 bridgehead atoms. The standard InChI is InChI=1S/C13H19NO3S/c1-11-4-2-3-5-13(11)18(15,16)14-8-6-12-7-9-17-10-12/h2-5,12,14H,6-10H2,1H3. The highest BCUT2D eigenvalue weighted by Crippen LogP contribution is 2.17. The normalized spacial score (nSPS) is 20.2. The highest BCUT2D eigenvalue weighted by Gasteiger charge is 2.18. The fourth-order valence-electron chi connectivity index (χ4n) is 2.14. The highest BCUT2D eigenvalue weighted by molar-refractivity contribution is 7.89. The number of sulfonamides is 1. The Hall–Kier alpha value is -0.910. The summed E-state index contributed by atoms with van der Waals surface area (Å²) < 4.78 is 32.1. The second kappa shape index (κ2) is 5.82. The van der Waals surface area contributed by atoms with Gasteiger partial charge in [-0.05, 0) is 37.3 Å². The van der Waals surface area contributed by atoms with E-state index in [1.807, 2.05) is 6.07 Å². The van der Waals surface area contributed by atoms with Crippen molar-refractivity contribution in [3.8, 4) is 0 Å². The maximum absolute atomic E-state index is 12.1. The molecular formula is C13H19NO3S. The number of aryl methyl sites for hydroxylation is 1. The van der Waals surface area contributed by atoms with Crippen molar-refractivity contribution in [3.63, 3.8) is 0 Å². The van der Waals surface area contributed by atoms with Crippen LogP contribution in [0, 0.1) is 12.8 Å². The summed E-state index contributed by atoms with van der Waals surface area (Å²) in [6.07, 6.45) is 1.87. The van der Waals surface area contributed by atoms with E-state index in [2.05, 4.69) is 4.72 Å². The number of rotatable bonds is 5. The number of benzene rings is 1. The van der Waals surface area contributed by atoms with Crippen molar-refractivity contribution in [2.45, 2.75) is 24.7 Å². The summed E-state index contributed by atoms with van der Waals surface area (Å²) >= 11 is 0. The van der Waals surface area contributed by atoms with E-state index in [0.29, 0.717) is 17.4 Å². The van der Waals surface area contributed by atoms with Crippen molar-refractivity contribution in [1.29, 1.82) is 0 Å². The molecule has 4 nitrogen and oxygen atoms in total. The van der Waals surface area contributed by atoms with Crippen LogP contribution >= 0.6 is 0 Å². The van der Waals surface area contributed by atoms with Gasteiger partial charge in [0.1, 0.15) is 0 Å². The van der Waals surface area contributed by atoms with E-state index < -0.39 is 10.0 Å².